The lowest BCUT2D eigenvalue weighted by Crippen LogP contribution is -2.15. The highest BCUT2D eigenvalue weighted by molar-refractivity contribution is 5.13. The van der Waals surface area contributed by atoms with Gasteiger partial charge in [0.25, 0.3) is 0 Å². The molecule has 0 saturated heterocycles. The van der Waals surface area contributed by atoms with Crippen molar-refractivity contribution < 1.29 is 4.74 Å². The summed E-state index contributed by atoms with van der Waals surface area (Å²) in [6.07, 6.45) is 2.05. The molecule has 2 rings (SSSR count). The van der Waals surface area contributed by atoms with Crippen molar-refractivity contribution in [3.63, 3.8) is 0 Å². The first-order valence-electron chi connectivity index (χ1n) is 6.36. The van der Waals surface area contributed by atoms with Gasteiger partial charge in [-0.05, 0) is 24.2 Å². The molecule has 96 valence electrons. The Morgan fingerprint density at radius 1 is 1.11 bits per heavy atom. The summed E-state index contributed by atoms with van der Waals surface area (Å²) in [5.74, 6) is 0. The van der Waals surface area contributed by atoms with Gasteiger partial charge in [-0.15, -0.1) is 0 Å². The first-order chi connectivity index (χ1) is 8.90. The highest BCUT2D eigenvalue weighted by Gasteiger charge is 2.00. The van der Waals surface area contributed by atoms with E-state index >= 15 is 0 Å². The molecule has 1 aromatic heterocycles. The number of aromatic nitrogens is 1. The normalized spacial score (nSPS) is 10.7. The van der Waals surface area contributed by atoms with Crippen molar-refractivity contribution in [1.29, 1.82) is 0 Å². The van der Waals surface area contributed by atoms with Gasteiger partial charge in [0.2, 0.25) is 0 Å². The second-order valence-electron chi connectivity index (χ2n) is 4.21. The number of hydrogen-bond acceptors (Lipinski definition) is 2. The molecule has 0 fully saturated rings. The fraction of sp³-hybridized carbons (Fsp3) is 0.333. The van der Waals surface area contributed by atoms with Gasteiger partial charge in [-0.1, -0.05) is 37.3 Å². The van der Waals surface area contributed by atoms with Gasteiger partial charge in [0, 0.05) is 18.4 Å². The van der Waals surface area contributed by atoms with Crippen molar-refractivity contribution in [2.45, 2.75) is 26.8 Å². The molecule has 1 heterocycles. The Balaban J connectivity index is 1.81. The van der Waals surface area contributed by atoms with E-state index in [0.717, 1.165) is 13.1 Å². The number of rotatable bonds is 7. The van der Waals surface area contributed by atoms with Gasteiger partial charge in [-0.3, -0.25) is 0 Å². The van der Waals surface area contributed by atoms with Gasteiger partial charge < -0.3 is 14.6 Å². The number of ether oxygens (including phenoxy) is 1. The minimum atomic E-state index is 0.600. The number of benzene rings is 1. The maximum atomic E-state index is 5.72. The SMILES string of the molecule is CCNCc1cccn1COCc1ccccc1. The molecular weight excluding hydrogens is 224 g/mol. The molecule has 0 aliphatic rings. The van der Waals surface area contributed by atoms with E-state index in [1.807, 2.05) is 18.2 Å². The number of hydrogen-bond donors (Lipinski definition) is 1. The van der Waals surface area contributed by atoms with Crippen molar-refractivity contribution in [3.05, 3.63) is 59.9 Å². The van der Waals surface area contributed by atoms with Crippen LogP contribution in [0.5, 0.6) is 0 Å². The summed E-state index contributed by atoms with van der Waals surface area (Å²) in [7, 11) is 0. The van der Waals surface area contributed by atoms with Gasteiger partial charge in [-0.2, -0.15) is 0 Å². The van der Waals surface area contributed by atoms with Crippen LogP contribution in [0.15, 0.2) is 48.7 Å². The molecule has 1 aromatic carbocycles. The van der Waals surface area contributed by atoms with Crippen LogP contribution in [0.4, 0.5) is 0 Å². The third-order valence-electron chi connectivity index (χ3n) is 2.82. The lowest BCUT2D eigenvalue weighted by atomic mass is 10.2. The van der Waals surface area contributed by atoms with Crippen molar-refractivity contribution >= 4 is 0 Å². The van der Waals surface area contributed by atoms with Crippen LogP contribution in [0.3, 0.4) is 0 Å². The molecule has 0 radical (unpaired) electrons. The van der Waals surface area contributed by atoms with E-state index in [2.05, 4.69) is 47.3 Å². The standard InChI is InChI=1S/C15H20N2O/c1-2-16-11-15-9-6-10-17(15)13-18-12-14-7-4-3-5-8-14/h3-10,16H,2,11-13H2,1H3. The van der Waals surface area contributed by atoms with Crippen molar-refractivity contribution in [2.24, 2.45) is 0 Å². The molecule has 2 aromatic rings. The van der Waals surface area contributed by atoms with Gasteiger partial charge in [0.1, 0.15) is 6.73 Å². The quantitative estimate of drug-likeness (QED) is 0.810. The van der Waals surface area contributed by atoms with E-state index in [1.54, 1.807) is 0 Å². The summed E-state index contributed by atoms with van der Waals surface area (Å²) in [5, 5.41) is 3.32. The first-order valence-corrected chi connectivity index (χ1v) is 6.36. The third-order valence-corrected chi connectivity index (χ3v) is 2.82. The molecule has 0 unspecified atom stereocenters. The van der Waals surface area contributed by atoms with E-state index in [9.17, 15) is 0 Å². The highest BCUT2D eigenvalue weighted by Crippen LogP contribution is 2.05. The molecule has 0 amide bonds. The zero-order chi connectivity index (χ0) is 12.6. The zero-order valence-electron chi connectivity index (χ0n) is 10.8. The van der Waals surface area contributed by atoms with Crippen LogP contribution in [0.1, 0.15) is 18.2 Å². The molecule has 0 aliphatic carbocycles. The smallest absolute Gasteiger partial charge is 0.123 e. The molecule has 18 heavy (non-hydrogen) atoms. The fourth-order valence-corrected chi connectivity index (χ4v) is 1.83. The predicted molar refractivity (Wildman–Crippen MR) is 73.0 cm³/mol. The lowest BCUT2D eigenvalue weighted by Gasteiger charge is -2.10. The Labute approximate surface area is 108 Å². The maximum absolute atomic E-state index is 5.72. The van der Waals surface area contributed by atoms with Crippen LogP contribution in [-0.4, -0.2) is 11.1 Å². The Morgan fingerprint density at radius 2 is 1.94 bits per heavy atom. The van der Waals surface area contributed by atoms with Crippen LogP contribution >= 0.6 is 0 Å². The van der Waals surface area contributed by atoms with Crippen molar-refractivity contribution in [3.8, 4) is 0 Å². The van der Waals surface area contributed by atoms with E-state index in [4.69, 9.17) is 4.74 Å². The van der Waals surface area contributed by atoms with E-state index in [0.29, 0.717) is 13.3 Å². The molecule has 3 heteroatoms. The first kappa shape index (κ1) is 12.9. The number of nitrogens with one attached hydrogen (secondary N) is 1. The minimum Gasteiger partial charge on any atom is -0.356 e. The summed E-state index contributed by atoms with van der Waals surface area (Å²) < 4.78 is 7.85. The van der Waals surface area contributed by atoms with E-state index < -0.39 is 0 Å². The van der Waals surface area contributed by atoms with Crippen LogP contribution in [0.25, 0.3) is 0 Å². The minimum absolute atomic E-state index is 0.600. The predicted octanol–water partition coefficient (Wildman–Crippen LogP) is 2.77. The van der Waals surface area contributed by atoms with E-state index in [-0.39, 0.29) is 0 Å². The largest absolute Gasteiger partial charge is 0.356 e. The molecule has 1 N–H and O–H groups in total. The summed E-state index contributed by atoms with van der Waals surface area (Å²) in [5.41, 5.74) is 2.46. The fourth-order valence-electron chi connectivity index (χ4n) is 1.83. The van der Waals surface area contributed by atoms with Crippen molar-refractivity contribution in [2.75, 3.05) is 6.54 Å². The number of nitrogens with zero attached hydrogens (tertiary/aromatic N) is 1. The monoisotopic (exact) mass is 244 g/mol. The summed E-state index contributed by atoms with van der Waals surface area (Å²) >= 11 is 0. The Morgan fingerprint density at radius 3 is 2.72 bits per heavy atom. The molecule has 0 bridgehead atoms. The molecule has 0 spiro atoms. The summed E-state index contributed by atoms with van der Waals surface area (Å²) in [4.78, 5) is 0. The van der Waals surface area contributed by atoms with Crippen molar-refractivity contribution in [1.82, 2.24) is 9.88 Å². The Hall–Kier alpha value is -1.58. The molecule has 3 nitrogen and oxygen atoms in total. The Kier molecular flexibility index (Phi) is 5.00. The van der Waals surface area contributed by atoms with Gasteiger partial charge in [0.05, 0.1) is 6.61 Å². The maximum Gasteiger partial charge on any atom is 0.123 e. The van der Waals surface area contributed by atoms with Crippen LogP contribution in [0, 0.1) is 0 Å². The summed E-state index contributed by atoms with van der Waals surface area (Å²) in [6.45, 7) is 5.23. The van der Waals surface area contributed by atoms with Crippen LogP contribution in [-0.2, 0) is 24.6 Å². The van der Waals surface area contributed by atoms with Gasteiger partial charge in [-0.25, -0.2) is 0 Å². The van der Waals surface area contributed by atoms with Crippen LogP contribution < -0.4 is 5.32 Å². The van der Waals surface area contributed by atoms with Crippen LogP contribution in [0.2, 0.25) is 0 Å². The zero-order valence-corrected chi connectivity index (χ0v) is 10.8. The summed E-state index contributed by atoms with van der Waals surface area (Å²) in [6, 6.07) is 14.4. The second kappa shape index (κ2) is 6.99. The van der Waals surface area contributed by atoms with Gasteiger partial charge in [0.15, 0.2) is 0 Å². The highest BCUT2D eigenvalue weighted by atomic mass is 16.5. The molecule has 0 atom stereocenters. The van der Waals surface area contributed by atoms with Gasteiger partial charge >= 0.3 is 0 Å². The lowest BCUT2D eigenvalue weighted by molar-refractivity contribution is 0.0624. The second-order valence-corrected chi connectivity index (χ2v) is 4.21. The third kappa shape index (κ3) is 3.72. The Bertz CT molecular complexity index is 451. The topological polar surface area (TPSA) is 26.2 Å². The molecule has 0 aliphatic heterocycles. The molecule has 0 saturated carbocycles. The molecular formula is C15H20N2O. The average molecular weight is 244 g/mol. The average Bonchev–Trinajstić information content (AvgIpc) is 2.85. The van der Waals surface area contributed by atoms with E-state index in [1.165, 1.54) is 11.3 Å².